The number of hydrogen-bond donors (Lipinski definition) is 1. The predicted molar refractivity (Wildman–Crippen MR) is 98.2 cm³/mol. The summed E-state index contributed by atoms with van der Waals surface area (Å²) in [6, 6.07) is 6.64. The monoisotopic (exact) mass is 384 g/mol. The van der Waals surface area contributed by atoms with Gasteiger partial charge in [-0.05, 0) is 37.8 Å². The molecule has 0 saturated carbocycles. The molecule has 7 nitrogen and oxygen atoms in total. The smallest absolute Gasteiger partial charge is 0.249 e. The number of nitrogens with zero attached hydrogens (tertiary/aromatic N) is 1. The molecule has 1 amide bonds. The predicted octanol–water partition coefficient (Wildman–Crippen LogP) is 1.53. The first-order valence-electron chi connectivity index (χ1n) is 8.83. The lowest BCUT2D eigenvalue weighted by molar-refractivity contribution is -0.135. The van der Waals surface area contributed by atoms with E-state index in [2.05, 4.69) is 5.32 Å². The molecule has 2 atom stereocenters. The van der Waals surface area contributed by atoms with Crippen LogP contribution in [0.5, 0.6) is 0 Å². The maximum Gasteiger partial charge on any atom is 0.249 e. The molecule has 2 rings (SSSR count). The molecular weight excluding hydrogens is 356 g/mol. The average molecular weight is 384 g/mol. The summed E-state index contributed by atoms with van der Waals surface area (Å²) in [7, 11) is -0.606. The summed E-state index contributed by atoms with van der Waals surface area (Å²) in [4.78, 5) is 12.4. The Balaban J connectivity index is 1.91. The molecule has 0 aliphatic carbocycles. The Labute approximate surface area is 155 Å². The third-order valence-corrected chi connectivity index (χ3v) is 6.28. The first-order valence-corrected chi connectivity index (χ1v) is 10.3. The second-order valence-corrected chi connectivity index (χ2v) is 8.70. The van der Waals surface area contributed by atoms with Gasteiger partial charge in [0, 0.05) is 27.2 Å². The molecule has 0 radical (unpaired) electrons. The standard InChI is InChI=1S/C18H28N2O5S/c1-14(25-13-16-9-6-7-11-24-16)18(21)19-12-15-8-4-5-10-17(15)26(22,23)20(2)3/h4-5,8,10,14,16H,6-7,9,11-13H2,1-3H3,(H,19,21). The molecular formula is C18H28N2O5S. The maximum absolute atomic E-state index is 12.4. The maximum atomic E-state index is 12.4. The van der Waals surface area contributed by atoms with Gasteiger partial charge in [0.15, 0.2) is 0 Å². The molecule has 0 bridgehead atoms. The number of carbonyl (C=O) groups excluding carboxylic acids is 1. The lowest BCUT2D eigenvalue weighted by Crippen LogP contribution is -2.37. The fourth-order valence-electron chi connectivity index (χ4n) is 2.69. The summed E-state index contributed by atoms with van der Waals surface area (Å²) in [6.45, 7) is 2.93. The number of amides is 1. The summed E-state index contributed by atoms with van der Waals surface area (Å²) < 4.78 is 37.1. The highest BCUT2D eigenvalue weighted by Crippen LogP contribution is 2.18. The Morgan fingerprint density at radius 2 is 2.08 bits per heavy atom. The van der Waals surface area contributed by atoms with E-state index in [1.54, 1.807) is 25.1 Å². The lowest BCUT2D eigenvalue weighted by atomic mass is 10.1. The number of ether oxygens (including phenoxy) is 2. The minimum absolute atomic E-state index is 0.0463. The van der Waals surface area contributed by atoms with Gasteiger partial charge < -0.3 is 14.8 Å². The zero-order chi connectivity index (χ0) is 19.2. The normalized spacial score (nSPS) is 19.3. The molecule has 1 fully saturated rings. The van der Waals surface area contributed by atoms with Crippen molar-refractivity contribution in [3.8, 4) is 0 Å². The largest absolute Gasteiger partial charge is 0.376 e. The van der Waals surface area contributed by atoms with Crippen LogP contribution in [0.1, 0.15) is 31.7 Å². The van der Waals surface area contributed by atoms with E-state index in [0.29, 0.717) is 12.2 Å². The van der Waals surface area contributed by atoms with Crippen molar-refractivity contribution in [2.45, 2.75) is 49.8 Å². The van der Waals surface area contributed by atoms with Gasteiger partial charge in [-0.2, -0.15) is 0 Å². The van der Waals surface area contributed by atoms with Gasteiger partial charge in [-0.15, -0.1) is 0 Å². The van der Waals surface area contributed by atoms with E-state index in [1.807, 2.05) is 0 Å². The third kappa shape index (κ3) is 5.51. The molecule has 1 aromatic carbocycles. The molecule has 2 unspecified atom stereocenters. The number of hydrogen-bond acceptors (Lipinski definition) is 5. The van der Waals surface area contributed by atoms with Crippen LogP contribution in [0, 0.1) is 0 Å². The second-order valence-electron chi connectivity index (χ2n) is 6.58. The van der Waals surface area contributed by atoms with Crippen molar-refractivity contribution in [1.29, 1.82) is 0 Å². The zero-order valence-electron chi connectivity index (χ0n) is 15.6. The summed E-state index contributed by atoms with van der Waals surface area (Å²) in [5.41, 5.74) is 0.539. The van der Waals surface area contributed by atoms with Gasteiger partial charge in [0.1, 0.15) is 6.10 Å². The van der Waals surface area contributed by atoms with Crippen LogP contribution in [0.3, 0.4) is 0 Å². The van der Waals surface area contributed by atoms with E-state index in [0.717, 1.165) is 30.2 Å². The molecule has 1 aromatic rings. The van der Waals surface area contributed by atoms with Gasteiger partial charge >= 0.3 is 0 Å². The molecule has 1 aliphatic heterocycles. The van der Waals surface area contributed by atoms with Gasteiger partial charge in [0.05, 0.1) is 17.6 Å². The lowest BCUT2D eigenvalue weighted by Gasteiger charge is -2.24. The number of benzene rings is 1. The van der Waals surface area contributed by atoms with E-state index in [4.69, 9.17) is 9.47 Å². The van der Waals surface area contributed by atoms with Gasteiger partial charge in [-0.1, -0.05) is 18.2 Å². The van der Waals surface area contributed by atoms with Gasteiger partial charge in [0.2, 0.25) is 15.9 Å². The minimum Gasteiger partial charge on any atom is -0.376 e. The summed E-state index contributed by atoms with van der Waals surface area (Å²) >= 11 is 0. The van der Waals surface area contributed by atoms with Crippen LogP contribution in [0.4, 0.5) is 0 Å². The molecule has 1 N–H and O–H groups in total. The van der Waals surface area contributed by atoms with Crippen molar-refractivity contribution in [3.63, 3.8) is 0 Å². The van der Waals surface area contributed by atoms with Crippen LogP contribution < -0.4 is 5.32 Å². The number of carbonyl (C=O) groups is 1. The van der Waals surface area contributed by atoms with E-state index in [1.165, 1.54) is 20.2 Å². The Morgan fingerprint density at radius 3 is 2.73 bits per heavy atom. The molecule has 0 spiro atoms. The Kier molecular flexibility index (Phi) is 7.57. The van der Waals surface area contributed by atoms with Gasteiger partial charge in [-0.25, -0.2) is 12.7 Å². The van der Waals surface area contributed by atoms with Crippen molar-refractivity contribution < 1.29 is 22.7 Å². The number of nitrogens with one attached hydrogen (secondary N) is 1. The first-order chi connectivity index (χ1) is 12.3. The summed E-state index contributed by atoms with van der Waals surface area (Å²) in [5.74, 6) is -0.280. The van der Waals surface area contributed by atoms with Crippen molar-refractivity contribution >= 4 is 15.9 Å². The van der Waals surface area contributed by atoms with Gasteiger partial charge in [0.25, 0.3) is 0 Å². The molecule has 146 valence electrons. The quantitative estimate of drug-likeness (QED) is 0.735. The third-order valence-electron chi connectivity index (χ3n) is 4.36. The highest BCUT2D eigenvalue weighted by molar-refractivity contribution is 7.89. The molecule has 26 heavy (non-hydrogen) atoms. The average Bonchev–Trinajstić information content (AvgIpc) is 2.65. The van der Waals surface area contributed by atoms with Crippen molar-refractivity contribution in [2.75, 3.05) is 27.3 Å². The van der Waals surface area contributed by atoms with Crippen LogP contribution in [-0.4, -0.2) is 58.1 Å². The van der Waals surface area contributed by atoms with Crippen LogP contribution >= 0.6 is 0 Å². The molecule has 1 aliphatic rings. The van der Waals surface area contributed by atoms with E-state index >= 15 is 0 Å². The van der Waals surface area contributed by atoms with Crippen LogP contribution in [-0.2, 0) is 30.8 Å². The van der Waals surface area contributed by atoms with E-state index in [-0.39, 0.29) is 23.5 Å². The van der Waals surface area contributed by atoms with E-state index < -0.39 is 16.1 Å². The van der Waals surface area contributed by atoms with Crippen LogP contribution in [0.2, 0.25) is 0 Å². The topological polar surface area (TPSA) is 84.9 Å². The number of sulfonamides is 1. The second kappa shape index (κ2) is 9.45. The fourth-order valence-corrected chi connectivity index (χ4v) is 3.81. The Hall–Kier alpha value is -1.48. The Bertz CT molecular complexity index is 699. The SMILES string of the molecule is CC(OCC1CCCCO1)C(=O)NCc1ccccc1S(=O)(=O)N(C)C. The van der Waals surface area contributed by atoms with Crippen molar-refractivity contribution in [3.05, 3.63) is 29.8 Å². The minimum atomic E-state index is -3.57. The van der Waals surface area contributed by atoms with Crippen molar-refractivity contribution in [2.24, 2.45) is 0 Å². The highest BCUT2D eigenvalue weighted by Gasteiger charge is 2.22. The molecule has 8 heteroatoms. The van der Waals surface area contributed by atoms with Crippen LogP contribution in [0.15, 0.2) is 29.2 Å². The molecule has 1 saturated heterocycles. The molecule has 1 heterocycles. The van der Waals surface area contributed by atoms with Crippen molar-refractivity contribution in [1.82, 2.24) is 9.62 Å². The first kappa shape index (κ1) is 20.8. The molecule has 0 aromatic heterocycles. The van der Waals surface area contributed by atoms with Gasteiger partial charge in [-0.3, -0.25) is 4.79 Å². The zero-order valence-corrected chi connectivity index (χ0v) is 16.4. The van der Waals surface area contributed by atoms with Crippen LogP contribution in [0.25, 0.3) is 0 Å². The Morgan fingerprint density at radius 1 is 1.35 bits per heavy atom. The fraction of sp³-hybridized carbons (Fsp3) is 0.611. The summed E-state index contributed by atoms with van der Waals surface area (Å²) in [6.07, 6.45) is 2.56. The number of rotatable bonds is 8. The van der Waals surface area contributed by atoms with E-state index in [9.17, 15) is 13.2 Å². The summed E-state index contributed by atoms with van der Waals surface area (Å²) in [5, 5.41) is 2.75. The highest BCUT2D eigenvalue weighted by atomic mass is 32.2.